The van der Waals surface area contributed by atoms with Crippen LogP contribution in [0.15, 0.2) is 23.4 Å². The normalized spacial score (nSPS) is 11.1. The Morgan fingerprint density at radius 3 is 2.78 bits per heavy atom. The van der Waals surface area contributed by atoms with E-state index in [0.717, 1.165) is 18.5 Å². The van der Waals surface area contributed by atoms with Crippen molar-refractivity contribution in [3.8, 4) is 11.5 Å². The van der Waals surface area contributed by atoms with Crippen molar-refractivity contribution >= 4 is 6.21 Å². The van der Waals surface area contributed by atoms with E-state index in [1.165, 1.54) is 6.21 Å². The fraction of sp³-hybridized carbons (Fsp3) is 0.462. The Hall–Kier alpha value is -1.75. The molecule has 0 spiro atoms. The highest BCUT2D eigenvalue weighted by Crippen LogP contribution is 2.23. The maximum atomic E-state index is 8.59. The van der Waals surface area contributed by atoms with Gasteiger partial charge in [0.2, 0.25) is 0 Å². The van der Waals surface area contributed by atoms with E-state index in [9.17, 15) is 0 Å². The van der Waals surface area contributed by atoms with Gasteiger partial charge in [-0.1, -0.05) is 5.16 Å². The van der Waals surface area contributed by atoms with Crippen molar-refractivity contribution in [3.05, 3.63) is 23.8 Å². The van der Waals surface area contributed by atoms with E-state index < -0.39 is 0 Å². The van der Waals surface area contributed by atoms with E-state index >= 15 is 0 Å². The Kier molecular flexibility index (Phi) is 6.00. The van der Waals surface area contributed by atoms with E-state index in [1.807, 2.05) is 14.1 Å². The number of hydrogen-bond acceptors (Lipinski definition) is 5. The first-order chi connectivity index (χ1) is 8.67. The highest BCUT2D eigenvalue weighted by Gasteiger charge is 2.04. The monoisotopic (exact) mass is 252 g/mol. The number of hydrogen-bond donors (Lipinski definition) is 1. The van der Waals surface area contributed by atoms with Crippen LogP contribution >= 0.6 is 0 Å². The molecule has 18 heavy (non-hydrogen) atoms. The standard InChI is InChI=1S/C13H20N2O3/c1-15(2)7-4-8-18-13-9-12(17-3)6-5-11(13)10-14-16/h5-6,9-10,16H,4,7-8H2,1-3H3. The van der Waals surface area contributed by atoms with E-state index in [-0.39, 0.29) is 0 Å². The topological polar surface area (TPSA) is 54.3 Å². The van der Waals surface area contributed by atoms with Crippen molar-refractivity contribution in [1.29, 1.82) is 0 Å². The van der Waals surface area contributed by atoms with E-state index in [1.54, 1.807) is 25.3 Å². The molecular formula is C13H20N2O3. The van der Waals surface area contributed by atoms with E-state index in [0.29, 0.717) is 18.1 Å². The fourth-order valence-electron chi connectivity index (χ4n) is 1.50. The minimum absolute atomic E-state index is 0.609. The molecule has 100 valence electrons. The summed E-state index contributed by atoms with van der Waals surface area (Å²) >= 11 is 0. The first-order valence-electron chi connectivity index (χ1n) is 5.80. The Bertz CT molecular complexity index is 392. The van der Waals surface area contributed by atoms with Crippen molar-refractivity contribution in [3.63, 3.8) is 0 Å². The van der Waals surface area contributed by atoms with Gasteiger partial charge in [0.25, 0.3) is 0 Å². The molecule has 0 aliphatic carbocycles. The van der Waals surface area contributed by atoms with Crippen LogP contribution < -0.4 is 9.47 Å². The van der Waals surface area contributed by atoms with Gasteiger partial charge < -0.3 is 19.6 Å². The molecule has 0 aliphatic rings. The molecule has 0 fully saturated rings. The summed E-state index contributed by atoms with van der Waals surface area (Å²) in [6.07, 6.45) is 2.28. The van der Waals surface area contributed by atoms with Crippen LogP contribution in [0.3, 0.4) is 0 Å². The van der Waals surface area contributed by atoms with E-state index in [2.05, 4.69) is 10.1 Å². The molecule has 0 saturated heterocycles. The second-order valence-electron chi connectivity index (χ2n) is 4.15. The van der Waals surface area contributed by atoms with Crippen LogP contribution in [0.5, 0.6) is 11.5 Å². The van der Waals surface area contributed by atoms with Crippen LogP contribution in [0.4, 0.5) is 0 Å². The third kappa shape index (κ3) is 4.63. The molecule has 0 amide bonds. The summed E-state index contributed by atoms with van der Waals surface area (Å²) in [6.45, 7) is 1.57. The SMILES string of the molecule is COc1ccc(C=NO)c(OCCCN(C)C)c1. The second kappa shape index (κ2) is 7.55. The zero-order valence-electron chi connectivity index (χ0n) is 11.1. The number of ether oxygens (including phenoxy) is 2. The number of benzene rings is 1. The molecule has 0 bridgehead atoms. The second-order valence-corrected chi connectivity index (χ2v) is 4.15. The zero-order chi connectivity index (χ0) is 13.4. The molecule has 0 heterocycles. The number of nitrogens with zero attached hydrogens (tertiary/aromatic N) is 2. The summed E-state index contributed by atoms with van der Waals surface area (Å²) in [4.78, 5) is 2.10. The fourth-order valence-corrected chi connectivity index (χ4v) is 1.50. The lowest BCUT2D eigenvalue weighted by Gasteiger charge is -2.12. The average Bonchev–Trinajstić information content (AvgIpc) is 2.36. The molecule has 0 saturated carbocycles. The molecule has 0 aromatic heterocycles. The lowest BCUT2D eigenvalue weighted by Crippen LogP contribution is -2.15. The maximum absolute atomic E-state index is 8.59. The Morgan fingerprint density at radius 1 is 1.39 bits per heavy atom. The average molecular weight is 252 g/mol. The van der Waals surface area contributed by atoms with Gasteiger partial charge in [-0.05, 0) is 32.6 Å². The first kappa shape index (κ1) is 14.3. The van der Waals surface area contributed by atoms with E-state index in [4.69, 9.17) is 14.7 Å². The summed E-state index contributed by atoms with van der Waals surface area (Å²) in [6, 6.07) is 5.37. The Labute approximate surface area is 108 Å². The molecule has 1 aromatic rings. The number of oxime groups is 1. The van der Waals surface area contributed by atoms with Gasteiger partial charge in [-0.15, -0.1) is 0 Å². The summed E-state index contributed by atoms with van der Waals surface area (Å²) < 4.78 is 10.8. The van der Waals surface area contributed by atoms with Crippen LogP contribution in [0.1, 0.15) is 12.0 Å². The third-order valence-electron chi connectivity index (χ3n) is 2.42. The molecule has 0 atom stereocenters. The number of methoxy groups -OCH3 is 1. The summed E-state index contributed by atoms with van der Waals surface area (Å²) in [5.74, 6) is 1.37. The molecule has 1 aromatic carbocycles. The summed E-state index contributed by atoms with van der Waals surface area (Å²) in [5.41, 5.74) is 0.725. The molecule has 5 heteroatoms. The molecule has 0 unspecified atom stereocenters. The molecule has 0 radical (unpaired) electrons. The van der Waals surface area contributed by atoms with Gasteiger partial charge in [-0.3, -0.25) is 0 Å². The lowest BCUT2D eigenvalue weighted by molar-refractivity contribution is 0.279. The maximum Gasteiger partial charge on any atom is 0.131 e. The molecule has 0 aliphatic heterocycles. The summed E-state index contributed by atoms with van der Waals surface area (Å²) in [7, 11) is 5.65. The molecule has 1 rings (SSSR count). The smallest absolute Gasteiger partial charge is 0.131 e. The number of rotatable bonds is 7. The third-order valence-corrected chi connectivity index (χ3v) is 2.42. The van der Waals surface area contributed by atoms with Gasteiger partial charge in [0, 0.05) is 18.2 Å². The summed E-state index contributed by atoms with van der Waals surface area (Å²) in [5, 5.41) is 11.6. The Balaban J connectivity index is 2.65. The zero-order valence-corrected chi connectivity index (χ0v) is 11.1. The highest BCUT2D eigenvalue weighted by atomic mass is 16.5. The van der Waals surface area contributed by atoms with Gasteiger partial charge in [0.15, 0.2) is 0 Å². The van der Waals surface area contributed by atoms with Crippen LogP contribution in [0, 0.1) is 0 Å². The van der Waals surface area contributed by atoms with Crippen LogP contribution in [-0.2, 0) is 0 Å². The van der Waals surface area contributed by atoms with Gasteiger partial charge in [0.1, 0.15) is 11.5 Å². The van der Waals surface area contributed by atoms with Crippen molar-refractivity contribution in [2.75, 3.05) is 34.4 Å². The quantitative estimate of drug-likeness (QED) is 0.348. The molecule has 5 nitrogen and oxygen atoms in total. The van der Waals surface area contributed by atoms with Crippen LogP contribution in [0.2, 0.25) is 0 Å². The van der Waals surface area contributed by atoms with Crippen molar-refractivity contribution in [2.45, 2.75) is 6.42 Å². The minimum atomic E-state index is 0.609. The predicted octanol–water partition coefficient (Wildman–Crippen LogP) is 1.83. The van der Waals surface area contributed by atoms with Crippen molar-refractivity contribution in [2.24, 2.45) is 5.16 Å². The first-order valence-corrected chi connectivity index (χ1v) is 5.80. The molecular weight excluding hydrogens is 232 g/mol. The Morgan fingerprint density at radius 2 is 2.17 bits per heavy atom. The van der Waals surface area contributed by atoms with Gasteiger partial charge in [-0.2, -0.15) is 0 Å². The van der Waals surface area contributed by atoms with Crippen molar-refractivity contribution < 1.29 is 14.7 Å². The van der Waals surface area contributed by atoms with Gasteiger partial charge >= 0.3 is 0 Å². The molecule has 1 N–H and O–H groups in total. The van der Waals surface area contributed by atoms with Crippen LogP contribution in [0.25, 0.3) is 0 Å². The minimum Gasteiger partial charge on any atom is -0.497 e. The van der Waals surface area contributed by atoms with Gasteiger partial charge in [0.05, 0.1) is 19.9 Å². The van der Waals surface area contributed by atoms with Crippen LogP contribution in [-0.4, -0.2) is 50.7 Å². The predicted molar refractivity (Wildman–Crippen MR) is 71.0 cm³/mol. The largest absolute Gasteiger partial charge is 0.497 e. The lowest BCUT2D eigenvalue weighted by atomic mass is 10.2. The highest BCUT2D eigenvalue weighted by molar-refractivity contribution is 5.83. The van der Waals surface area contributed by atoms with Gasteiger partial charge in [-0.25, -0.2) is 0 Å². The van der Waals surface area contributed by atoms with Crippen molar-refractivity contribution in [1.82, 2.24) is 4.90 Å².